The van der Waals surface area contributed by atoms with E-state index in [1.807, 2.05) is 12.1 Å². The van der Waals surface area contributed by atoms with Crippen LogP contribution in [0.5, 0.6) is 17.2 Å². The molecule has 6 heteroatoms. The second-order valence-electron chi connectivity index (χ2n) is 7.12. The van der Waals surface area contributed by atoms with Gasteiger partial charge in [-0.15, -0.1) is 0 Å². The summed E-state index contributed by atoms with van der Waals surface area (Å²) in [6.07, 6.45) is 0. The van der Waals surface area contributed by atoms with E-state index >= 15 is 0 Å². The van der Waals surface area contributed by atoms with Gasteiger partial charge in [-0.25, -0.2) is 0 Å². The maximum atomic E-state index is 5.76. The van der Waals surface area contributed by atoms with Gasteiger partial charge in [-0.05, 0) is 23.8 Å². The van der Waals surface area contributed by atoms with Crippen LogP contribution in [0.4, 0.5) is 5.69 Å². The summed E-state index contributed by atoms with van der Waals surface area (Å²) in [4.78, 5) is 4.60. The predicted octanol–water partition coefficient (Wildman–Crippen LogP) is 2.77. The lowest BCUT2D eigenvalue weighted by atomic mass is 9.94. The lowest BCUT2D eigenvalue weighted by Gasteiger charge is -2.36. The first kappa shape index (κ1) is 20.3. The molecule has 1 unspecified atom stereocenters. The van der Waals surface area contributed by atoms with E-state index in [0.717, 1.165) is 37.5 Å². The molecule has 152 valence electrons. The van der Waals surface area contributed by atoms with E-state index in [1.165, 1.54) is 11.3 Å². The Morgan fingerprint density at radius 3 is 1.96 bits per heavy atom. The van der Waals surface area contributed by atoms with Gasteiger partial charge >= 0.3 is 0 Å². The lowest BCUT2D eigenvalue weighted by Crippen LogP contribution is -2.45. The second kappa shape index (κ2) is 9.17. The number of nitrogens with one attached hydrogen (secondary N) is 1. The van der Waals surface area contributed by atoms with Gasteiger partial charge in [0.1, 0.15) is 5.75 Å². The molecule has 0 spiro atoms. The normalized spacial score (nSPS) is 15.8. The zero-order valence-electron chi connectivity index (χ0n) is 17.5. The van der Waals surface area contributed by atoms with Gasteiger partial charge in [0.05, 0.1) is 27.4 Å². The fourth-order valence-corrected chi connectivity index (χ4v) is 3.75. The molecule has 2 aromatic carbocycles. The Balaban J connectivity index is 2.10. The minimum Gasteiger partial charge on any atom is -0.496 e. The van der Waals surface area contributed by atoms with Gasteiger partial charge in [-0.2, -0.15) is 0 Å². The first-order valence-corrected chi connectivity index (χ1v) is 9.61. The summed E-state index contributed by atoms with van der Waals surface area (Å²) in [6.45, 7) is 3.89. The third kappa shape index (κ3) is 4.18. The van der Waals surface area contributed by atoms with Crippen molar-refractivity contribution in [3.8, 4) is 17.2 Å². The van der Waals surface area contributed by atoms with E-state index in [4.69, 9.17) is 14.2 Å². The molecule has 1 aliphatic rings. The number of hydrogen-bond acceptors (Lipinski definition) is 6. The van der Waals surface area contributed by atoms with Crippen molar-refractivity contribution < 1.29 is 14.2 Å². The summed E-state index contributed by atoms with van der Waals surface area (Å²) < 4.78 is 16.8. The Bertz CT molecular complexity index is 771. The topological polar surface area (TPSA) is 46.2 Å². The number of methoxy groups -OCH3 is 3. The number of hydrogen-bond donors (Lipinski definition) is 1. The van der Waals surface area contributed by atoms with Crippen LogP contribution in [0.25, 0.3) is 0 Å². The van der Waals surface area contributed by atoms with E-state index in [2.05, 4.69) is 53.5 Å². The fraction of sp³-hybridized carbons (Fsp3) is 0.455. The summed E-state index contributed by atoms with van der Waals surface area (Å²) in [7, 11) is 9.12. The highest BCUT2D eigenvalue weighted by molar-refractivity contribution is 5.55. The van der Waals surface area contributed by atoms with Gasteiger partial charge < -0.3 is 24.4 Å². The van der Waals surface area contributed by atoms with Crippen molar-refractivity contribution in [2.45, 2.75) is 6.04 Å². The maximum Gasteiger partial charge on any atom is 0.164 e. The van der Waals surface area contributed by atoms with Crippen molar-refractivity contribution in [1.29, 1.82) is 0 Å². The molecule has 1 aliphatic heterocycles. The minimum atomic E-state index is 0.0769. The summed E-state index contributed by atoms with van der Waals surface area (Å²) in [5.41, 5.74) is 3.50. The van der Waals surface area contributed by atoms with Gasteiger partial charge in [0.15, 0.2) is 11.5 Å². The average Bonchev–Trinajstić information content (AvgIpc) is 2.74. The smallest absolute Gasteiger partial charge is 0.164 e. The largest absolute Gasteiger partial charge is 0.496 e. The molecule has 0 radical (unpaired) electrons. The van der Waals surface area contributed by atoms with E-state index < -0.39 is 0 Å². The van der Waals surface area contributed by atoms with E-state index in [-0.39, 0.29) is 6.04 Å². The molecule has 0 aromatic heterocycles. The molecule has 6 nitrogen and oxygen atoms in total. The molecule has 1 heterocycles. The van der Waals surface area contributed by atoms with Crippen LogP contribution in [-0.2, 0) is 0 Å². The van der Waals surface area contributed by atoms with Gasteiger partial charge in [-0.3, -0.25) is 4.90 Å². The van der Waals surface area contributed by atoms with Crippen LogP contribution in [-0.4, -0.2) is 66.5 Å². The first-order chi connectivity index (χ1) is 13.6. The van der Waals surface area contributed by atoms with Gasteiger partial charge in [0.2, 0.25) is 0 Å². The summed E-state index contributed by atoms with van der Waals surface area (Å²) in [5.74, 6) is 2.19. The van der Waals surface area contributed by atoms with Crippen LogP contribution in [0.1, 0.15) is 17.2 Å². The van der Waals surface area contributed by atoms with Crippen molar-refractivity contribution in [3.63, 3.8) is 0 Å². The second-order valence-corrected chi connectivity index (χ2v) is 7.12. The van der Waals surface area contributed by atoms with Gasteiger partial charge in [0.25, 0.3) is 0 Å². The molecule has 1 fully saturated rings. The molecule has 0 aliphatic carbocycles. The number of rotatable bonds is 7. The number of ether oxygens (including phenoxy) is 3. The van der Waals surface area contributed by atoms with Crippen LogP contribution in [0.3, 0.4) is 0 Å². The highest BCUT2D eigenvalue weighted by Gasteiger charge is 2.28. The lowest BCUT2D eigenvalue weighted by molar-refractivity contribution is 0.195. The summed E-state index contributed by atoms with van der Waals surface area (Å²) in [5, 5.41) is 3.44. The van der Waals surface area contributed by atoms with Crippen molar-refractivity contribution in [2.24, 2.45) is 0 Å². The predicted molar refractivity (Wildman–Crippen MR) is 113 cm³/mol. The molecule has 0 saturated carbocycles. The monoisotopic (exact) mass is 385 g/mol. The molecular formula is C22H31N3O3. The number of benzene rings is 2. The number of anilines is 1. The SMILES string of the molecule is COc1cc(OC)c(C(c2ccc(N(C)C)cc2)N2CCNCC2)cc1OC. The summed E-state index contributed by atoms with van der Waals surface area (Å²) >= 11 is 0. The molecule has 1 atom stereocenters. The average molecular weight is 386 g/mol. The van der Waals surface area contributed by atoms with Crippen molar-refractivity contribution in [1.82, 2.24) is 10.2 Å². The number of nitrogens with zero attached hydrogens (tertiary/aromatic N) is 2. The third-order valence-corrected chi connectivity index (χ3v) is 5.27. The highest BCUT2D eigenvalue weighted by Crippen LogP contribution is 2.42. The Labute approximate surface area is 168 Å². The van der Waals surface area contributed by atoms with Crippen LogP contribution >= 0.6 is 0 Å². The molecule has 0 bridgehead atoms. The Morgan fingerprint density at radius 2 is 1.43 bits per heavy atom. The molecule has 1 saturated heterocycles. The molecule has 2 aromatic rings. The van der Waals surface area contributed by atoms with Crippen molar-refractivity contribution in [2.75, 3.05) is 66.5 Å². The Hall–Kier alpha value is -2.44. The van der Waals surface area contributed by atoms with Crippen LogP contribution in [0.15, 0.2) is 36.4 Å². The first-order valence-electron chi connectivity index (χ1n) is 9.61. The van der Waals surface area contributed by atoms with Crippen molar-refractivity contribution in [3.05, 3.63) is 47.5 Å². The van der Waals surface area contributed by atoms with Gasteiger partial charge in [-0.1, -0.05) is 12.1 Å². The van der Waals surface area contributed by atoms with E-state index in [9.17, 15) is 0 Å². The number of piperazine rings is 1. The fourth-order valence-electron chi connectivity index (χ4n) is 3.75. The van der Waals surface area contributed by atoms with Crippen LogP contribution in [0, 0.1) is 0 Å². The maximum absolute atomic E-state index is 5.76. The third-order valence-electron chi connectivity index (χ3n) is 5.27. The zero-order chi connectivity index (χ0) is 20.1. The van der Waals surface area contributed by atoms with Gasteiger partial charge in [0, 0.05) is 57.6 Å². The zero-order valence-corrected chi connectivity index (χ0v) is 17.5. The molecule has 1 N–H and O–H groups in total. The van der Waals surface area contributed by atoms with Crippen molar-refractivity contribution >= 4 is 5.69 Å². The molecule has 3 rings (SSSR count). The van der Waals surface area contributed by atoms with Crippen LogP contribution in [0.2, 0.25) is 0 Å². The molecular weight excluding hydrogens is 354 g/mol. The van der Waals surface area contributed by atoms with E-state index in [1.54, 1.807) is 21.3 Å². The Morgan fingerprint density at radius 1 is 0.857 bits per heavy atom. The standard InChI is InChI=1S/C22H31N3O3/c1-24(2)17-8-6-16(7-9-17)22(25-12-10-23-11-13-25)18-14-20(27-4)21(28-5)15-19(18)26-3/h6-9,14-15,22-23H,10-13H2,1-5H3. The minimum absolute atomic E-state index is 0.0769. The highest BCUT2D eigenvalue weighted by atomic mass is 16.5. The Kier molecular flexibility index (Phi) is 6.65. The molecule has 28 heavy (non-hydrogen) atoms. The summed E-state index contributed by atoms with van der Waals surface area (Å²) in [6, 6.07) is 12.8. The van der Waals surface area contributed by atoms with Crippen LogP contribution < -0.4 is 24.4 Å². The quantitative estimate of drug-likeness (QED) is 0.791. The molecule has 0 amide bonds. The van der Waals surface area contributed by atoms with E-state index in [0.29, 0.717) is 11.5 Å².